The lowest BCUT2D eigenvalue weighted by Crippen LogP contribution is -2.84. The summed E-state index contributed by atoms with van der Waals surface area (Å²) in [6, 6.07) is 6.45. The number of aromatic nitrogens is 1. The Morgan fingerprint density at radius 3 is 2.38 bits per heavy atom. The number of nitrogens with one attached hydrogen (secondary N) is 2. The number of hydrogen-bond donors (Lipinski definition) is 2. The van der Waals surface area contributed by atoms with Crippen LogP contribution in [-0.2, 0) is 4.79 Å². The van der Waals surface area contributed by atoms with Crippen LogP contribution in [0.2, 0.25) is 5.02 Å². The molecule has 2 aromatic rings. The summed E-state index contributed by atoms with van der Waals surface area (Å²) in [5, 5.41) is 5.73. The summed E-state index contributed by atoms with van der Waals surface area (Å²) in [6.07, 6.45) is -0.627. The van der Waals surface area contributed by atoms with E-state index >= 15 is 0 Å². The maximum absolute atomic E-state index is 13.4. The molecule has 1 aromatic carbocycles. The third-order valence-corrected chi connectivity index (χ3v) is 5.65. The van der Waals surface area contributed by atoms with Crippen LogP contribution < -0.4 is 20.1 Å². The van der Waals surface area contributed by atoms with E-state index in [0.717, 1.165) is 12.3 Å². The van der Waals surface area contributed by atoms with Crippen molar-refractivity contribution in [2.24, 2.45) is 0 Å². The van der Waals surface area contributed by atoms with E-state index in [9.17, 15) is 22.8 Å². The van der Waals surface area contributed by atoms with Crippen molar-refractivity contribution in [3.8, 4) is 11.5 Å². The largest absolute Gasteiger partial charge is 0.484 e. The summed E-state index contributed by atoms with van der Waals surface area (Å²) in [6.45, 7) is 0.325. The number of nitrogens with zero attached hydrogens (tertiary/aromatic N) is 1. The Morgan fingerprint density at radius 1 is 1.12 bits per heavy atom. The Kier molecular flexibility index (Phi) is 5.44. The molecule has 1 aromatic heterocycles. The fraction of sp³-hybridized carbons (Fsp3) is 0.381. The monoisotopic (exact) mass is 469 g/mol. The van der Waals surface area contributed by atoms with Crippen molar-refractivity contribution in [1.29, 1.82) is 0 Å². The zero-order chi connectivity index (χ0) is 23.1. The van der Waals surface area contributed by atoms with Crippen LogP contribution in [-0.4, -0.2) is 40.6 Å². The molecule has 2 N–H and O–H groups in total. The van der Waals surface area contributed by atoms with Crippen molar-refractivity contribution in [2.75, 3.05) is 6.61 Å². The number of ether oxygens (including phenoxy) is 2. The van der Waals surface area contributed by atoms with Gasteiger partial charge in [0, 0.05) is 24.1 Å². The zero-order valence-corrected chi connectivity index (χ0v) is 17.6. The Bertz CT molecular complexity index is 1040. The molecule has 0 saturated heterocycles. The average Bonchev–Trinajstić information content (AvgIpc) is 2.65. The molecule has 2 amide bonds. The highest BCUT2D eigenvalue weighted by Crippen LogP contribution is 2.60. The normalized spacial score (nSPS) is 23.4. The molecule has 0 unspecified atom stereocenters. The molecule has 2 bridgehead atoms. The molecule has 3 aliphatic carbocycles. The smallest absolute Gasteiger partial charge is 0.394 e. The van der Waals surface area contributed by atoms with E-state index in [4.69, 9.17) is 16.3 Å². The van der Waals surface area contributed by atoms with Gasteiger partial charge >= 0.3 is 6.11 Å². The summed E-state index contributed by atoms with van der Waals surface area (Å²) in [4.78, 5) is 28.4. The number of alkyl halides is 2. The van der Waals surface area contributed by atoms with E-state index in [1.54, 1.807) is 0 Å². The molecular weight excluding hydrogens is 451 g/mol. The van der Waals surface area contributed by atoms with Crippen LogP contribution in [0.1, 0.15) is 36.7 Å². The van der Waals surface area contributed by atoms with Crippen molar-refractivity contribution in [1.82, 2.24) is 15.6 Å². The van der Waals surface area contributed by atoms with Crippen LogP contribution in [0.15, 0.2) is 36.5 Å². The zero-order valence-electron chi connectivity index (χ0n) is 16.9. The first-order valence-electron chi connectivity index (χ1n) is 9.71. The lowest BCUT2D eigenvalue weighted by Gasteiger charge is -2.70. The van der Waals surface area contributed by atoms with Gasteiger partial charge in [0.25, 0.3) is 11.8 Å². The standard InChI is InChI=1S/C21H19ClF3N3O4/c1-19(24,25)32-13-3-5-16(26-7-13)18(30)28-21-9-20(10-21,11-21)27-17(29)8-31-12-2-4-14(22)15(23)6-12/h2-7H,8-11H2,1H3,(H,27,29)(H,28,30). The molecule has 32 heavy (non-hydrogen) atoms. The van der Waals surface area contributed by atoms with Crippen LogP contribution >= 0.6 is 11.6 Å². The second kappa shape index (κ2) is 7.84. The number of amides is 2. The molecule has 1 heterocycles. The van der Waals surface area contributed by atoms with Gasteiger partial charge in [0.2, 0.25) is 0 Å². The molecule has 11 heteroatoms. The van der Waals surface area contributed by atoms with Crippen LogP contribution in [0.4, 0.5) is 13.2 Å². The number of carbonyl (C=O) groups excluding carboxylic acids is 2. The van der Waals surface area contributed by atoms with Gasteiger partial charge in [-0.25, -0.2) is 9.37 Å². The van der Waals surface area contributed by atoms with Crippen molar-refractivity contribution < 1.29 is 32.2 Å². The second-order valence-electron chi connectivity index (χ2n) is 8.25. The van der Waals surface area contributed by atoms with Gasteiger partial charge in [-0.2, -0.15) is 8.78 Å². The molecule has 0 aliphatic heterocycles. The van der Waals surface area contributed by atoms with E-state index in [1.165, 1.54) is 24.3 Å². The first-order chi connectivity index (χ1) is 15.0. The molecule has 0 spiro atoms. The van der Waals surface area contributed by atoms with E-state index in [0.29, 0.717) is 26.2 Å². The minimum atomic E-state index is -3.34. The minimum absolute atomic E-state index is 0.0370. The second-order valence-corrected chi connectivity index (χ2v) is 8.65. The molecule has 3 aliphatic rings. The number of rotatable bonds is 8. The molecule has 7 nitrogen and oxygen atoms in total. The van der Waals surface area contributed by atoms with Crippen LogP contribution in [0.25, 0.3) is 0 Å². The lowest BCUT2D eigenvalue weighted by molar-refractivity contribution is -0.159. The SMILES string of the molecule is CC(F)(F)Oc1ccc(C(=O)NC23CC(NC(=O)COc4ccc(Cl)c(F)c4)(C2)C3)nc1. The third-order valence-electron chi connectivity index (χ3n) is 5.34. The maximum atomic E-state index is 13.4. The fourth-order valence-corrected chi connectivity index (χ4v) is 4.30. The highest BCUT2D eigenvalue weighted by Gasteiger charge is 2.69. The van der Waals surface area contributed by atoms with E-state index in [-0.39, 0.29) is 34.7 Å². The fourth-order valence-electron chi connectivity index (χ4n) is 4.19. The van der Waals surface area contributed by atoms with Gasteiger partial charge in [-0.3, -0.25) is 9.59 Å². The molecule has 5 rings (SSSR count). The molecule has 3 fully saturated rings. The number of benzene rings is 1. The number of halogens is 4. The Labute approximate surface area is 186 Å². The van der Waals surface area contributed by atoms with Crippen LogP contribution in [0.3, 0.4) is 0 Å². The van der Waals surface area contributed by atoms with E-state index < -0.39 is 28.9 Å². The van der Waals surface area contributed by atoms with Gasteiger partial charge in [0.05, 0.1) is 11.2 Å². The molecule has 3 saturated carbocycles. The average molecular weight is 470 g/mol. The summed E-state index contributed by atoms with van der Waals surface area (Å²) in [5.74, 6) is -1.39. The van der Waals surface area contributed by atoms with E-state index in [2.05, 4.69) is 20.4 Å². The number of pyridine rings is 1. The van der Waals surface area contributed by atoms with Gasteiger partial charge in [-0.05, 0) is 43.5 Å². The minimum Gasteiger partial charge on any atom is -0.484 e. The van der Waals surface area contributed by atoms with Gasteiger partial charge in [-0.15, -0.1) is 0 Å². The summed E-state index contributed by atoms with van der Waals surface area (Å²) < 4.78 is 48.8. The van der Waals surface area contributed by atoms with E-state index in [1.807, 2.05) is 0 Å². The predicted octanol–water partition coefficient (Wildman–Crippen LogP) is 3.47. The molecule has 0 atom stereocenters. The van der Waals surface area contributed by atoms with Gasteiger partial charge in [0.15, 0.2) is 6.61 Å². The van der Waals surface area contributed by atoms with Gasteiger partial charge < -0.3 is 20.1 Å². The quantitative estimate of drug-likeness (QED) is 0.618. The Morgan fingerprint density at radius 2 is 1.78 bits per heavy atom. The maximum Gasteiger partial charge on any atom is 0.394 e. The Hall–Kier alpha value is -3.01. The first kappa shape index (κ1) is 22.2. The van der Waals surface area contributed by atoms with Crippen LogP contribution in [0.5, 0.6) is 11.5 Å². The summed E-state index contributed by atoms with van der Waals surface area (Å²) in [7, 11) is 0. The van der Waals surface area contributed by atoms with Crippen LogP contribution in [0, 0.1) is 5.82 Å². The van der Waals surface area contributed by atoms with Crippen molar-refractivity contribution in [3.05, 3.63) is 53.1 Å². The highest BCUT2D eigenvalue weighted by atomic mass is 35.5. The Balaban J connectivity index is 1.22. The number of carbonyl (C=O) groups is 2. The van der Waals surface area contributed by atoms with Gasteiger partial charge in [-0.1, -0.05) is 11.6 Å². The van der Waals surface area contributed by atoms with Crippen molar-refractivity contribution >= 4 is 23.4 Å². The van der Waals surface area contributed by atoms with Gasteiger partial charge in [0.1, 0.15) is 23.0 Å². The predicted molar refractivity (Wildman–Crippen MR) is 107 cm³/mol. The lowest BCUT2D eigenvalue weighted by atomic mass is 9.44. The molecular formula is C21H19ClF3N3O4. The van der Waals surface area contributed by atoms with Crippen molar-refractivity contribution in [3.63, 3.8) is 0 Å². The third kappa shape index (κ3) is 4.74. The first-order valence-corrected chi connectivity index (χ1v) is 10.1. The summed E-state index contributed by atoms with van der Waals surface area (Å²) in [5.41, 5.74) is -0.766. The molecule has 0 radical (unpaired) electrons. The molecule has 170 valence electrons. The van der Waals surface area contributed by atoms with Crippen molar-refractivity contribution in [2.45, 2.75) is 43.4 Å². The highest BCUT2D eigenvalue weighted by molar-refractivity contribution is 6.30. The summed E-state index contributed by atoms with van der Waals surface area (Å²) >= 11 is 5.60. The topological polar surface area (TPSA) is 89.6 Å². The number of hydrogen-bond acceptors (Lipinski definition) is 5.